The summed E-state index contributed by atoms with van der Waals surface area (Å²) in [6, 6.07) is 11.8. The molecule has 2 atom stereocenters. The first-order chi connectivity index (χ1) is 9.09. The molecule has 0 aliphatic heterocycles. The Morgan fingerprint density at radius 3 is 2.47 bits per heavy atom. The second-order valence-corrected chi connectivity index (χ2v) is 5.29. The van der Waals surface area contributed by atoms with Crippen LogP contribution in [0.3, 0.4) is 0 Å². The number of aromatic nitrogens is 1. The maximum Gasteiger partial charge on any atom is 0.0639 e. The quantitative estimate of drug-likeness (QED) is 0.876. The molecule has 4 heteroatoms. The van der Waals surface area contributed by atoms with Crippen LogP contribution >= 0.6 is 23.2 Å². The summed E-state index contributed by atoms with van der Waals surface area (Å²) in [7, 11) is 0. The van der Waals surface area contributed by atoms with Crippen LogP contribution in [0.2, 0.25) is 10.0 Å². The van der Waals surface area contributed by atoms with E-state index < -0.39 is 0 Å². The van der Waals surface area contributed by atoms with Crippen LogP contribution in [0.5, 0.6) is 0 Å². The van der Waals surface area contributed by atoms with E-state index in [0.29, 0.717) is 10.0 Å². The van der Waals surface area contributed by atoms with E-state index in [1.807, 2.05) is 30.3 Å². The van der Waals surface area contributed by atoms with Crippen LogP contribution in [0, 0.1) is 0 Å². The van der Waals surface area contributed by atoms with Gasteiger partial charge in [0.2, 0.25) is 0 Å². The topological polar surface area (TPSA) is 24.9 Å². The predicted molar refractivity (Wildman–Crippen MR) is 80.7 cm³/mol. The zero-order valence-electron chi connectivity index (χ0n) is 10.9. The van der Waals surface area contributed by atoms with Crippen molar-refractivity contribution in [3.05, 3.63) is 63.9 Å². The van der Waals surface area contributed by atoms with E-state index in [4.69, 9.17) is 23.2 Å². The molecular weight excluding hydrogens is 279 g/mol. The summed E-state index contributed by atoms with van der Waals surface area (Å²) in [5.74, 6) is 0. The highest BCUT2D eigenvalue weighted by atomic mass is 35.5. The Morgan fingerprint density at radius 1 is 1.00 bits per heavy atom. The average Bonchev–Trinajstić information content (AvgIpc) is 2.42. The van der Waals surface area contributed by atoms with Gasteiger partial charge in [0.1, 0.15) is 0 Å². The average molecular weight is 295 g/mol. The lowest BCUT2D eigenvalue weighted by Gasteiger charge is -2.21. The van der Waals surface area contributed by atoms with Crippen molar-refractivity contribution in [3.8, 4) is 0 Å². The van der Waals surface area contributed by atoms with Crippen molar-refractivity contribution < 1.29 is 0 Å². The Balaban J connectivity index is 2.13. The number of benzene rings is 1. The number of halogens is 2. The van der Waals surface area contributed by atoms with Gasteiger partial charge in [-0.15, -0.1) is 0 Å². The molecular formula is C15H16Cl2N2. The van der Waals surface area contributed by atoms with Gasteiger partial charge in [-0.3, -0.25) is 4.98 Å². The molecule has 0 fully saturated rings. The summed E-state index contributed by atoms with van der Waals surface area (Å²) in [5, 5.41) is 4.67. The molecule has 0 spiro atoms. The number of nitrogens with one attached hydrogen (secondary N) is 1. The Hall–Kier alpha value is -1.09. The van der Waals surface area contributed by atoms with Crippen LogP contribution in [0.25, 0.3) is 0 Å². The van der Waals surface area contributed by atoms with Crippen molar-refractivity contribution in [2.45, 2.75) is 25.9 Å². The fraction of sp³-hybridized carbons (Fsp3) is 0.267. The van der Waals surface area contributed by atoms with E-state index in [9.17, 15) is 0 Å². The third kappa shape index (κ3) is 3.47. The lowest BCUT2D eigenvalue weighted by Crippen LogP contribution is -2.23. The maximum absolute atomic E-state index is 6.23. The summed E-state index contributed by atoms with van der Waals surface area (Å²) < 4.78 is 0. The lowest BCUT2D eigenvalue weighted by molar-refractivity contribution is 0.486. The zero-order chi connectivity index (χ0) is 13.8. The van der Waals surface area contributed by atoms with Gasteiger partial charge in [-0.25, -0.2) is 0 Å². The molecule has 19 heavy (non-hydrogen) atoms. The SMILES string of the molecule is CC(NC(C)c1cccc(Cl)c1Cl)c1ccccn1. The number of pyridine rings is 1. The Kier molecular flexibility index (Phi) is 4.81. The minimum Gasteiger partial charge on any atom is -0.302 e. The molecule has 0 saturated carbocycles. The van der Waals surface area contributed by atoms with Crippen LogP contribution in [0.4, 0.5) is 0 Å². The number of nitrogens with zero attached hydrogens (tertiary/aromatic N) is 1. The molecule has 1 aromatic carbocycles. The van der Waals surface area contributed by atoms with E-state index in [2.05, 4.69) is 24.1 Å². The highest BCUT2D eigenvalue weighted by Gasteiger charge is 2.15. The molecule has 0 radical (unpaired) electrons. The normalized spacial score (nSPS) is 14.1. The Morgan fingerprint density at radius 2 is 1.79 bits per heavy atom. The monoisotopic (exact) mass is 294 g/mol. The standard InChI is InChI=1S/C15H16Cl2N2/c1-10(12-6-5-7-13(16)15(12)17)19-11(2)14-8-3-4-9-18-14/h3-11,19H,1-2H3. The number of rotatable bonds is 4. The van der Waals surface area contributed by atoms with Crippen molar-refractivity contribution in [1.29, 1.82) is 0 Å². The van der Waals surface area contributed by atoms with Gasteiger partial charge in [-0.2, -0.15) is 0 Å². The predicted octanol–water partition coefficient (Wildman–Crippen LogP) is 4.80. The van der Waals surface area contributed by atoms with E-state index in [-0.39, 0.29) is 12.1 Å². The minimum absolute atomic E-state index is 0.100. The molecule has 0 aliphatic carbocycles. The first-order valence-electron chi connectivity index (χ1n) is 6.20. The van der Waals surface area contributed by atoms with Gasteiger partial charge in [-0.1, -0.05) is 41.4 Å². The molecule has 1 heterocycles. The first-order valence-corrected chi connectivity index (χ1v) is 6.96. The van der Waals surface area contributed by atoms with Gasteiger partial charge >= 0.3 is 0 Å². The van der Waals surface area contributed by atoms with Crippen LogP contribution in [-0.2, 0) is 0 Å². The molecule has 2 aromatic rings. The molecule has 100 valence electrons. The molecule has 0 amide bonds. The fourth-order valence-corrected chi connectivity index (χ4v) is 2.51. The van der Waals surface area contributed by atoms with Gasteiger partial charge in [0.15, 0.2) is 0 Å². The third-order valence-corrected chi connectivity index (χ3v) is 3.91. The Bertz CT molecular complexity index is 543. The lowest BCUT2D eigenvalue weighted by atomic mass is 10.1. The van der Waals surface area contributed by atoms with Crippen LogP contribution < -0.4 is 5.32 Å². The summed E-state index contributed by atoms with van der Waals surface area (Å²) in [5.41, 5.74) is 2.00. The van der Waals surface area contributed by atoms with Gasteiger partial charge in [0.05, 0.1) is 15.7 Å². The summed E-state index contributed by atoms with van der Waals surface area (Å²) >= 11 is 12.3. The minimum atomic E-state index is 0.100. The smallest absolute Gasteiger partial charge is 0.0639 e. The molecule has 2 rings (SSSR count). The molecule has 2 unspecified atom stereocenters. The van der Waals surface area contributed by atoms with E-state index in [1.165, 1.54) is 0 Å². The largest absolute Gasteiger partial charge is 0.302 e. The summed E-state index contributed by atoms with van der Waals surface area (Å²) in [6.45, 7) is 4.15. The van der Waals surface area contributed by atoms with Crippen molar-refractivity contribution in [1.82, 2.24) is 10.3 Å². The zero-order valence-corrected chi connectivity index (χ0v) is 12.4. The van der Waals surface area contributed by atoms with E-state index in [0.717, 1.165) is 11.3 Å². The molecule has 0 saturated heterocycles. The van der Waals surface area contributed by atoms with Gasteiger partial charge in [0, 0.05) is 18.3 Å². The fourth-order valence-electron chi connectivity index (χ4n) is 2.04. The third-order valence-electron chi connectivity index (χ3n) is 3.08. The van der Waals surface area contributed by atoms with Crippen molar-refractivity contribution in [2.24, 2.45) is 0 Å². The van der Waals surface area contributed by atoms with Crippen molar-refractivity contribution >= 4 is 23.2 Å². The first kappa shape index (κ1) is 14.3. The Labute approximate surface area is 123 Å². The number of hydrogen-bond acceptors (Lipinski definition) is 2. The van der Waals surface area contributed by atoms with Gasteiger partial charge in [-0.05, 0) is 37.6 Å². The molecule has 2 nitrogen and oxygen atoms in total. The number of hydrogen-bond donors (Lipinski definition) is 1. The second kappa shape index (κ2) is 6.38. The molecule has 1 N–H and O–H groups in total. The van der Waals surface area contributed by atoms with Crippen molar-refractivity contribution in [3.63, 3.8) is 0 Å². The van der Waals surface area contributed by atoms with Crippen LogP contribution in [-0.4, -0.2) is 4.98 Å². The van der Waals surface area contributed by atoms with Gasteiger partial charge < -0.3 is 5.32 Å². The molecule has 1 aromatic heterocycles. The van der Waals surface area contributed by atoms with Crippen LogP contribution in [0.15, 0.2) is 42.6 Å². The maximum atomic E-state index is 6.23. The van der Waals surface area contributed by atoms with Crippen molar-refractivity contribution in [2.75, 3.05) is 0 Å². The second-order valence-electron chi connectivity index (χ2n) is 4.51. The highest BCUT2D eigenvalue weighted by Crippen LogP contribution is 2.30. The van der Waals surface area contributed by atoms with E-state index in [1.54, 1.807) is 12.3 Å². The molecule has 0 bridgehead atoms. The van der Waals surface area contributed by atoms with Crippen LogP contribution in [0.1, 0.15) is 37.2 Å². The van der Waals surface area contributed by atoms with Gasteiger partial charge in [0.25, 0.3) is 0 Å². The summed E-state index contributed by atoms with van der Waals surface area (Å²) in [6.07, 6.45) is 1.80. The van der Waals surface area contributed by atoms with E-state index >= 15 is 0 Å². The highest BCUT2D eigenvalue weighted by molar-refractivity contribution is 6.42. The summed E-state index contributed by atoms with van der Waals surface area (Å²) in [4.78, 5) is 4.34. The molecule has 0 aliphatic rings.